The molecule has 0 radical (unpaired) electrons. The number of hydrogen-bond donors (Lipinski definition) is 1. The van der Waals surface area contributed by atoms with Crippen LogP contribution in [0.5, 0.6) is 0 Å². The van der Waals surface area contributed by atoms with Gasteiger partial charge in [-0.25, -0.2) is 0 Å². The van der Waals surface area contributed by atoms with Crippen LogP contribution in [0.15, 0.2) is 53.4 Å². The van der Waals surface area contributed by atoms with Crippen LogP contribution in [0.3, 0.4) is 0 Å². The summed E-state index contributed by atoms with van der Waals surface area (Å²) in [6, 6.07) is 15.3. The van der Waals surface area contributed by atoms with Gasteiger partial charge in [-0.15, -0.1) is 12.6 Å². The zero-order chi connectivity index (χ0) is 13.8. The standard InChI is InChI=1S/C16H17NOS/c1-3-17(14-8-4-12(2)5-9-14)16(18)13-6-10-15(19)11-7-13/h4-11,19H,3H2,1-2H3. The molecule has 0 atom stereocenters. The van der Waals surface area contributed by atoms with Crippen molar-refractivity contribution in [3.05, 3.63) is 59.7 Å². The van der Waals surface area contributed by atoms with Crippen LogP contribution in [0, 0.1) is 6.92 Å². The third-order valence-corrected chi connectivity index (χ3v) is 3.32. The summed E-state index contributed by atoms with van der Waals surface area (Å²) < 4.78 is 0. The summed E-state index contributed by atoms with van der Waals surface area (Å²) in [7, 11) is 0. The topological polar surface area (TPSA) is 20.3 Å². The average molecular weight is 271 g/mol. The summed E-state index contributed by atoms with van der Waals surface area (Å²) in [6.07, 6.45) is 0. The van der Waals surface area contributed by atoms with Crippen molar-refractivity contribution in [3.63, 3.8) is 0 Å². The zero-order valence-electron chi connectivity index (χ0n) is 11.1. The van der Waals surface area contributed by atoms with Gasteiger partial charge in [0.05, 0.1) is 0 Å². The predicted molar refractivity (Wildman–Crippen MR) is 82.2 cm³/mol. The van der Waals surface area contributed by atoms with Gasteiger partial charge in [0.1, 0.15) is 0 Å². The van der Waals surface area contributed by atoms with E-state index in [1.54, 1.807) is 4.90 Å². The molecule has 2 aromatic carbocycles. The minimum Gasteiger partial charge on any atom is -0.309 e. The highest BCUT2D eigenvalue weighted by molar-refractivity contribution is 7.80. The maximum absolute atomic E-state index is 12.5. The van der Waals surface area contributed by atoms with Crippen molar-refractivity contribution in [2.75, 3.05) is 11.4 Å². The van der Waals surface area contributed by atoms with E-state index in [1.807, 2.05) is 62.4 Å². The quantitative estimate of drug-likeness (QED) is 0.838. The second kappa shape index (κ2) is 5.93. The fourth-order valence-electron chi connectivity index (χ4n) is 1.93. The Labute approximate surface area is 119 Å². The number of rotatable bonds is 3. The Bertz CT molecular complexity index is 560. The Morgan fingerprint density at radius 2 is 1.63 bits per heavy atom. The Hall–Kier alpha value is -1.74. The van der Waals surface area contributed by atoms with Gasteiger partial charge in [-0.1, -0.05) is 17.7 Å². The number of carbonyl (C=O) groups is 1. The van der Waals surface area contributed by atoms with Crippen LogP contribution in [0.25, 0.3) is 0 Å². The number of thiol groups is 1. The molecule has 98 valence electrons. The van der Waals surface area contributed by atoms with E-state index in [2.05, 4.69) is 12.6 Å². The molecule has 0 heterocycles. The monoisotopic (exact) mass is 271 g/mol. The molecule has 0 spiro atoms. The number of benzene rings is 2. The predicted octanol–water partition coefficient (Wildman–Crippen LogP) is 3.95. The number of amides is 1. The average Bonchev–Trinajstić information content (AvgIpc) is 2.42. The first-order valence-electron chi connectivity index (χ1n) is 6.29. The maximum Gasteiger partial charge on any atom is 0.258 e. The van der Waals surface area contributed by atoms with Gasteiger partial charge in [0.25, 0.3) is 5.91 Å². The summed E-state index contributed by atoms with van der Waals surface area (Å²) in [5.41, 5.74) is 2.79. The van der Waals surface area contributed by atoms with Crippen LogP contribution in [-0.4, -0.2) is 12.5 Å². The van der Waals surface area contributed by atoms with Crippen LogP contribution in [0.1, 0.15) is 22.8 Å². The van der Waals surface area contributed by atoms with E-state index < -0.39 is 0 Å². The van der Waals surface area contributed by atoms with Crippen LogP contribution in [0.2, 0.25) is 0 Å². The Morgan fingerprint density at radius 3 is 2.16 bits per heavy atom. The molecule has 0 fully saturated rings. The van der Waals surface area contributed by atoms with Gasteiger partial charge in [0.2, 0.25) is 0 Å². The Balaban J connectivity index is 2.29. The summed E-state index contributed by atoms with van der Waals surface area (Å²) in [5, 5.41) is 0. The summed E-state index contributed by atoms with van der Waals surface area (Å²) in [5.74, 6) is 0.0136. The highest BCUT2D eigenvalue weighted by Gasteiger charge is 2.15. The van der Waals surface area contributed by atoms with E-state index in [1.165, 1.54) is 5.56 Å². The highest BCUT2D eigenvalue weighted by atomic mass is 32.1. The summed E-state index contributed by atoms with van der Waals surface area (Å²) >= 11 is 4.23. The molecule has 0 aliphatic rings. The van der Waals surface area contributed by atoms with E-state index in [4.69, 9.17) is 0 Å². The fraction of sp³-hybridized carbons (Fsp3) is 0.188. The molecule has 0 saturated carbocycles. The molecular weight excluding hydrogens is 254 g/mol. The number of hydrogen-bond acceptors (Lipinski definition) is 2. The summed E-state index contributed by atoms with van der Waals surface area (Å²) in [6.45, 7) is 4.66. The van der Waals surface area contributed by atoms with Crippen LogP contribution < -0.4 is 4.90 Å². The number of carbonyl (C=O) groups excluding carboxylic acids is 1. The van der Waals surface area contributed by atoms with E-state index in [0.29, 0.717) is 12.1 Å². The summed E-state index contributed by atoms with van der Waals surface area (Å²) in [4.78, 5) is 15.1. The first-order valence-corrected chi connectivity index (χ1v) is 6.74. The van der Waals surface area contributed by atoms with Gasteiger partial charge in [0, 0.05) is 22.7 Å². The molecular formula is C16H17NOS. The smallest absolute Gasteiger partial charge is 0.258 e. The second-order valence-electron chi connectivity index (χ2n) is 4.43. The molecule has 0 saturated heterocycles. The number of anilines is 1. The molecule has 1 amide bonds. The molecule has 2 nitrogen and oxygen atoms in total. The van der Waals surface area contributed by atoms with E-state index in [-0.39, 0.29) is 5.91 Å². The van der Waals surface area contributed by atoms with Crippen molar-refractivity contribution in [2.45, 2.75) is 18.7 Å². The van der Waals surface area contributed by atoms with Crippen LogP contribution in [0.4, 0.5) is 5.69 Å². The normalized spacial score (nSPS) is 10.3. The molecule has 19 heavy (non-hydrogen) atoms. The SMILES string of the molecule is CCN(C(=O)c1ccc(S)cc1)c1ccc(C)cc1. The van der Waals surface area contributed by atoms with E-state index in [0.717, 1.165) is 10.6 Å². The molecule has 2 aromatic rings. The number of aryl methyl sites for hydroxylation is 1. The van der Waals surface area contributed by atoms with Gasteiger partial charge in [0.15, 0.2) is 0 Å². The minimum atomic E-state index is 0.0136. The van der Waals surface area contributed by atoms with Gasteiger partial charge in [-0.2, -0.15) is 0 Å². The van der Waals surface area contributed by atoms with Crippen molar-refractivity contribution in [1.29, 1.82) is 0 Å². The molecule has 3 heteroatoms. The van der Waals surface area contributed by atoms with Gasteiger partial charge in [-0.3, -0.25) is 4.79 Å². The van der Waals surface area contributed by atoms with Crippen molar-refractivity contribution < 1.29 is 4.79 Å². The molecule has 2 rings (SSSR count). The molecule has 0 aliphatic heterocycles. The lowest BCUT2D eigenvalue weighted by Gasteiger charge is -2.21. The minimum absolute atomic E-state index is 0.0136. The Morgan fingerprint density at radius 1 is 1.05 bits per heavy atom. The van der Waals surface area contributed by atoms with Crippen molar-refractivity contribution >= 4 is 24.2 Å². The van der Waals surface area contributed by atoms with Gasteiger partial charge >= 0.3 is 0 Å². The second-order valence-corrected chi connectivity index (χ2v) is 4.95. The lowest BCUT2D eigenvalue weighted by atomic mass is 10.1. The van der Waals surface area contributed by atoms with Crippen LogP contribution >= 0.6 is 12.6 Å². The Kier molecular flexibility index (Phi) is 4.27. The van der Waals surface area contributed by atoms with E-state index >= 15 is 0 Å². The highest BCUT2D eigenvalue weighted by Crippen LogP contribution is 2.18. The van der Waals surface area contributed by atoms with Crippen molar-refractivity contribution in [2.24, 2.45) is 0 Å². The number of nitrogens with zero attached hydrogens (tertiary/aromatic N) is 1. The fourth-order valence-corrected chi connectivity index (χ4v) is 2.08. The molecule has 0 unspecified atom stereocenters. The lowest BCUT2D eigenvalue weighted by molar-refractivity contribution is 0.0988. The third kappa shape index (κ3) is 3.18. The van der Waals surface area contributed by atoms with Crippen molar-refractivity contribution in [3.8, 4) is 0 Å². The van der Waals surface area contributed by atoms with Crippen LogP contribution in [-0.2, 0) is 0 Å². The van der Waals surface area contributed by atoms with Gasteiger partial charge < -0.3 is 4.90 Å². The molecule has 0 N–H and O–H groups in total. The first kappa shape index (κ1) is 13.7. The third-order valence-electron chi connectivity index (χ3n) is 3.02. The van der Waals surface area contributed by atoms with Crippen molar-refractivity contribution in [1.82, 2.24) is 0 Å². The maximum atomic E-state index is 12.5. The lowest BCUT2D eigenvalue weighted by Crippen LogP contribution is -2.30. The zero-order valence-corrected chi connectivity index (χ0v) is 12.0. The molecule has 0 aliphatic carbocycles. The van der Waals surface area contributed by atoms with Gasteiger partial charge in [-0.05, 0) is 50.2 Å². The molecule has 0 aromatic heterocycles. The first-order chi connectivity index (χ1) is 9.11. The molecule has 0 bridgehead atoms. The van der Waals surface area contributed by atoms with E-state index in [9.17, 15) is 4.79 Å². The largest absolute Gasteiger partial charge is 0.309 e.